The van der Waals surface area contributed by atoms with Gasteiger partial charge in [-0.05, 0) is 43.2 Å². The summed E-state index contributed by atoms with van der Waals surface area (Å²) in [4.78, 5) is 28.4. The minimum Gasteiger partial charge on any atom is -0.371 e. The number of H-pyrrole nitrogens is 1. The fourth-order valence-electron chi connectivity index (χ4n) is 3.94. The van der Waals surface area contributed by atoms with Gasteiger partial charge in [0.1, 0.15) is 5.82 Å². The van der Waals surface area contributed by atoms with Crippen molar-refractivity contribution in [1.29, 1.82) is 0 Å². The number of rotatable bonds is 5. The minimum atomic E-state index is -4.19. The Bertz CT molecular complexity index is 1220. The van der Waals surface area contributed by atoms with E-state index in [0.29, 0.717) is 22.3 Å². The summed E-state index contributed by atoms with van der Waals surface area (Å²) < 4.78 is 54.1. The lowest BCUT2D eigenvalue weighted by atomic mass is 9.79. The number of nitrogens with one attached hydrogen (secondary N) is 2. The van der Waals surface area contributed by atoms with Crippen LogP contribution in [-0.4, -0.2) is 34.7 Å². The molecule has 2 aromatic carbocycles. The number of nitrogens with zero attached hydrogens (tertiary/aromatic N) is 2. The third-order valence-corrected chi connectivity index (χ3v) is 6.17. The van der Waals surface area contributed by atoms with Gasteiger partial charge in [-0.2, -0.15) is 13.2 Å². The number of alkyl halides is 3. The summed E-state index contributed by atoms with van der Waals surface area (Å²) in [6.07, 6.45) is -4.20. The predicted molar refractivity (Wildman–Crippen MR) is 112 cm³/mol. The SMILES string of the molecule is Cn1c(=O)[nH]c2cc(C(=O)NCc3ccc(N(C)[C@H]4C[C@@H](C(F)(F)F)C4)cc3F)ccc21. The van der Waals surface area contributed by atoms with Gasteiger partial charge < -0.3 is 15.2 Å². The molecular formula is C22H22F4N4O2. The van der Waals surface area contributed by atoms with E-state index in [1.165, 1.54) is 16.7 Å². The van der Waals surface area contributed by atoms with Crippen LogP contribution in [0.2, 0.25) is 0 Å². The maximum Gasteiger partial charge on any atom is 0.391 e. The lowest BCUT2D eigenvalue weighted by Gasteiger charge is -2.43. The summed E-state index contributed by atoms with van der Waals surface area (Å²) in [5.74, 6) is -2.28. The van der Waals surface area contributed by atoms with Crippen molar-refractivity contribution in [3.8, 4) is 0 Å². The Labute approximate surface area is 180 Å². The summed E-state index contributed by atoms with van der Waals surface area (Å²) in [5.41, 5.74) is 1.95. The first-order valence-corrected chi connectivity index (χ1v) is 10.1. The molecule has 170 valence electrons. The number of carbonyl (C=O) groups excluding carboxylic acids is 1. The van der Waals surface area contributed by atoms with Crippen LogP contribution >= 0.6 is 0 Å². The molecule has 2 N–H and O–H groups in total. The van der Waals surface area contributed by atoms with Crippen LogP contribution in [0, 0.1) is 11.7 Å². The van der Waals surface area contributed by atoms with E-state index in [2.05, 4.69) is 10.3 Å². The van der Waals surface area contributed by atoms with Gasteiger partial charge in [0.15, 0.2) is 0 Å². The Morgan fingerprint density at radius 2 is 1.94 bits per heavy atom. The number of hydrogen-bond donors (Lipinski definition) is 2. The van der Waals surface area contributed by atoms with Crippen LogP contribution in [0.5, 0.6) is 0 Å². The zero-order chi connectivity index (χ0) is 23.2. The number of aromatic amines is 1. The number of halogens is 4. The van der Waals surface area contributed by atoms with Gasteiger partial charge in [-0.3, -0.25) is 9.36 Å². The number of aromatic nitrogens is 2. The van der Waals surface area contributed by atoms with Gasteiger partial charge in [0.25, 0.3) is 5.91 Å². The van der Waals surface area contributed by atoms with Crippen molar-refractivity contribution in [3.63, 3.8) is 0 Å². The Kier molecular flexibility index (Phi) is 5.47. The van der Waals surface area contributed by atoms with Crippen LogP contribution in [-0.2, 0) is 13.6 Å². The molecular weight excluding hydrogens is 428 g/mol. The van der Waals surface area contributed by atoms with E-state index in [-0.39, 0.29) is 36.7 Å². The van der Waals surface area contributed by atoms with Crippen molar-refractivity contribution >= 4 is 22.6 Å². The first kappa shape index (κ1) is 21.9. The van der Waals surface area contributed by atoms with Crippen molar-refractivity contribution in [2.75, 3.05) is 11.9 Å². The van der Waals surface area contributed by atoms with Crippen LogP contribution in [0.1, 0.15) is 28.8 Å². The highest BCUT2D eigenvalue weighted by Gasteiger charge is 2.49. The summed E-state index contributed by atoms with van der Waals surface area (Å²) in [5, 5.41) is 2.64. The number of anilines is 1. The molecule has 1 aliphatic carbocycles. The Morgan fingerprint density at radius 3 is 2.59 bits per heavy atom. The van der Waals surface area contributed by atoms with Gasteiger partial charge in [0.2, 0.25) is 0 Å². The summed E-state index contributed by atoms with van der Waals surface area (Å²) in [6, 6.07) is 8.90. The van der Waals surface area contributed by atoms with Crippen molar-refractivity contribution in [2.24, 2.45) is 13.0 Å². The van der Waals surface area contributed by atoms with Gasteiger partial charge in [0.05, 0.1) is 17.0 Å². The van der Waals surface area contributed by atoms with Gasteiger partial charge in [-0.15, -0.1) is 0 Å². The standard InChI is InChI=1S/C22H22F4N4O2/c1-29(16-8-14(9-16)22(24,25)26)15-5-3-13(17(23)10-15)11-27-20(31)12-4-6-19-18(7-12)28-21(32)30(19)2/h3-7,10,14,16H,8-9,11H2,1-2H3,(H,27,31)(H,28,32)/t14-,16+. The molecule has 1 aromatic heterocycles. The maximum atomic E-state index is 14.6. The molecule has 0 unspecified atom stereocenters. The predicted octanol–water partition coefficient (Wildman–Crippen LogP) is 3.71. The Balaban J connectivity index is 1.39. The Hall–Kier alpha value is -3.30. The van der Waals surface area contributed by atoms with Gasteiger partial charge >= 0.3 is 11.9 Å². The summed E-state index contributed by atoms with van der Waals surface area (Å²) >= 11 is 0. The van der Waals surface area contributed by atoms with E-state index in [4.69, 9.17) is 0 Å². The van der Waals surface area contributed by atoms with E-state index >= 15 is 0 Å². The molecule has 10 heteroatoms. The van der Waals surface area contributed by atoms with Crippen LogP contribution < -0.4 is 15.9 Å². The van der Waals surface area contributed by atoms with E-state index in [0.717, 1.165) is 0 Å². The quantitative estimate of drug-likeness (QED) is 0.583. The fourth-order valence-corrected chi connectivity index (χ4v) is 3.94. The zero-order valence-electron chi connectivity index (χ0n) is 17.5. The molecule has 0 saturated heterocycles. The second-order valence-corrected chi connectivity index (χ2v) is 8.15. The molecule has 0 aliphatic heterocycles. The zero-order valence-corrected chi connectivity index (χ0v) is 17.5. The largest absolute Gasteiger partial charge is 0.391 e. The lowest BCUT2D eigenvalue weighted by Crippen LogP contribution is -2.47. The first-order valence-electron chi connectivity index (χ1n) is 10.1. The third-order valence-electron chi connectivity index (χ3n) is 6.17. The molecule has 4 rings (SSSR count). The van der Waals surface area contributed by atoms with E-state index in [9.17, 15) is 27.2 Å². The van der Waals surface area contributed by atoms with Crippen LogP contribution in [0.4, 0.5) is 23.2 Å². The van der Waals surface area contributed by atoms with Crippen LogP contribution in [0.15, 0.2) is 41.2 Å². The molecule has 6 nitrogen and oxygen atoms in total. The Morgan fingerprint density at radius 1 is 1.22 bits per heavy atom. The molecule has 0 bridgehead atoms. The smallest absolute Gasteiger partial charge is 0.371 e. The van der Waals surface area contributed by atoms with Crippen molar-refractivity contribution < 1.29 is 22.4 Å². The third kappa shape index (κ3) is 4.09. The molecule has 0 atom stereocenters. The number of hydrogen-bond acceptors (Lipinski definition) is 3. The number of aryl methyl sites for hydroxylation is 1. The average Bonchev–Trinajstić information content (AvgIpc) is 2.97. The highest BCUT2D eigenvalue weighted by atomic mass is 19.4. The monoisotopic (exact) mass is 450 g/mol. The van der Waals surface area contributed by atoms with Crippen LogP contribution in [0.25, 0.3) is 11.0 Å². The van der Waals surface area contributed by atoms with E-state index in [1.807, 2.05) is 0 Å². The van der Waals surface area contributed by atoms with Crippen molar-refractivity contribution in [2.45, 2.75) is 31.6 Å². The van der Waals surface area contributed by atoms with E-state index in [1.54, 1.807) is 43.3 Å². The highest BCUT2D eigenvalue weighted by molar-refractivity contribution is 5.97. The average molecular weight is 450 g/mol. The molecule has 32 heavy (non-hydrogen) atoms. The summed E-state index contributed by atoms with van der Waals surface area (Å²) in [6.45, 7) is -0.0580. The molecule has 1 heterocycles. The van der Waals surface area contributed by atoms with Crippen LogP contribution in [0.3, 0.4) is 0 Å². The second-order valence-electron chi connectivity index (χ2n) is 8.15. The highest BCUT2D eigenvalue weighted by Crippen LogP contribution is 2.43. The molecule has 0 radical (unpaired) electrons. The topological polar surface area (TPSA) is 70.1 Å². The number of carbonyl (C=O) groups is 1. The number of fused-ring (bicyclic) bond motifs is 1. The molecule has 1 aliphatic rings. The summed E-state index contributed by atoms with van der Waals surface area (Å²) in [7, 11) is 3.27. The fraction of sp³-hybridized carbons (Fsp3) is 0.364. The lowest BCUT2D eigenvalue weighted by molar-refractivity contribution is -0.196. The molecule has 1 saturated carbocycles. The number of amides is 1. The second kappa shape index (κ2) is 7.99. The molecule has 3 aromatic rings. The number of imidazole rings is 1. The molecule has 0 spiro atoms. The minimum absolute atomic E-state index is 0.00352. The number of benzene rings is 2. The van der Waals surface area contributed by atoms with Gasteiger partial charge in [0, 0.05) is 43.5 Å². The van der Waals surface area contributed by atoms with Crippen molar-refractivity contribution in [1.82, 2.24) is 14.9 Å². The molecule has 1 amide bonds. The van der Waals surface area contributed by atoms with Gasteiger partial charge in [-0.1, -0.05) is 6.07 Å². The molecule has 1 fully saturated rings. The maximum absolute atomic E-state index is 14.6. The van der Waals surface area contributed by atoms with Crippen molar-refractivity contribution in [3.05, 3.63) is 63.8 Å². The van der Waals surface area contributed by atoms with Gasteiger partial charge in [-0.25, -0.2) is 9.18 Å². The first-order chi connectivity index (χ1) is 15.0. The van der Waals surface area contributed by atoms with E-state index < -0.39 is 23.8 Å². The normalized spacial score (nSPS) is 18.4.